The van der Waals surface area contributed by atoms with Gasteiger partial charge in [-0.15, -0.1) is 0 Å². The topological polar surface area (TPSA) is 78.9 Å². The summed E-state index contributed by atoms with van der Waals surface area (Å²) in [6.45, 7) is 6.41. The largest absolute Gasteiger partial charge is 0.462 e. The molecule has 0 aliphatic rings. The van der Waals surface area contributed by atoms with Crippen molar-refractivity contribution in [1.82, 2.24) is 0 Å². The van der Waals surface area contributed by atoms with Crippen molar-refractivity contribution in [2.75, 3.05) is 13.2 Å². The summed E-state index contributed by atoms with van der Waals surface area (Å²) in [5.74, 6) is -1.00. The van der Waals surface area contributed by atoms with Crippen LogP contribution in [0.15, 0.2) is 85.1 Å². The van der Waals surface area contributed by atoms with Crippen molar-refractivity contribution in [2.45, 2.75) is 245 Å². The molecular formula is C57H96O6. The zero-order valence-corrected chi connectivity index (χ0v) is 41.1. The predicted molar refractivity (Wildman–Crippen MR) is 270 cm³/mol. The average molecular weight is 877 g/mol. The first-order valence-corrected chi connectivity index (χ1v) is 26.1. The molecule has 0 radical (unpaired) electrons. The molecule has 0 saturated carbocycles. The Morgan fingerprint density at radius 1 is 0.333 bits per heavy atom. The van der Waals surface area contributed by atoms with Crippen LogP contribution in [-0.2, 0) is 28.6 Å². The Morgan fingerprint density at radius 3 is 1.11 bits per heavy atom. The first-order chi connectivity index (χ1) is 31.0. The molecule has 0 aromatic heterocycles. The fourth-order valence-corrected chi connectivity index (χ4v) is 6.98. The molecule has 0 bridgehead atoms. The SMILES string of the molecule is CC/C=C\C/C=C\C/C=C\C/C=C\C/C=C\C/C=C\CCC(=O)OCC(COC(=O)CCCCCC/C=C\CCCC)OC(=O)CCCCCCCCCCCCCCCCCC. The van der Waals surface area contributed by atoms with Gasteiger partial charge in [-0.1, -0.05) is 228 Å². The molecule has 0 amide bonds. The molecule has 0 aliphatic carbocycles. The van der Waals surface area contributed by atoms with Crippen molar-refractivity contribution in [3.63, 3.8) is 0 Å². The summed E-state index contributed by atoms with van der Waals surface area (Å²) in [6.07, 6.45) is 65.8. The number of rotatable bonds is 46. The van der Waals surface area contributed by atoms with E-state index in [1.807, 2.05) is 6.08 Å². The zero-order valence-electron chi connectivity index (χ0n) is 41.1. The lowest BCUT2D eigenvalue weighted by molar-refractivity contribution is -0.166. The molecule has 0 aliphatic heterocycles. The third-order valence-electron chi connectivity index (χ3n) is 10.9. The van der Waals surface area contributed by atoms with Crippen molar-refractivity contribution < 1.29 is 28.6 Å². The number of unbranched alkanes of at least 4 members (excludes halogenated alkanes) is 21. The third kappa shape index (κ3) is 49.5. The molecular weight excluding hydrogens is 781 g/mol. The summed E-state index contributed by atoms with van der Waals surface area (Å²) in [7, 11) is 0. The summed E-state index contributed by atoms with van der Waals surface area (Å²) >= 11 is 0. The molecule has 0 heterocycles. The van der Waals surface area contributed by atoms with Gasteiger partial charge in [-0.3, -0.25) is 14.4 Å². The fourth-order valence-electron chi connectivity index (χ4n) is 6.98. The Balaban J connectivity index is 4.46. The first kappa shape index (κ1) is 59.6. The van der Waals surface area contributed by atoms with Crippen molar-refractivity contribution in [3.8, 4) is 0 Å². The van der Waals surface area contributed by atoms with E-state index in [1.54, 1.807) is 0 Å². The van der Waals surface area contributed by atoms with E-state index in [2.05, 4.69) is 99.8 Å². The van der Waals surface area contributed by atoms with Crippen LogP contribution < -0.4 is 0 Å². The lowest BCUT2D eigenvalue weighted by atomic mass is 10.0. The number of allylic oxidation sites excluding steroid dienone is 14. The molecule has 1 unspecified atom stereocenters. The lowest BCUT2D eigenvalue weighted by Gasteiger charge is -2.18. The van der Waals surface area contributed by atoms with E-state index in [-0.39, 0.29) is 37.5 Å². The predicted octanol–water partition coefficient (Wildman–Crippen LogP) is 17.2. The van der Waals surface area contributed by atoms with Gasteiger partial charge in [0.1, 0.15) is 13.2 Å². The minimum Gasteiger partial charge on any atom is -0.462 e. The van der Waals surface area contributed by atoms with Gasteiger partial charge in [0.2, 0.25) is 0 Å². The van der Waals surface area contributed by atoms with Gasteiger partial charge in [-0.25, -0.2) is 0 Å². The van der Waals surface area contributed by atoms with Crippen LogP contribution in [0.1, 0.15) is 239 Å². The van der Waals surface area contributed by atoms with Crippen LogP contribution in [0.5, 0.6) is 0 Å². The van der Waals surface area contributed by atoms with Gasteiger partial charge in [-0.05, 0) is 77.0 Å². The number of carbonyl (C=O) groups is 3. The summed E-state index contributed by atoms with van der Waals surface area (Å²) in [4.78, 5) is 37.9. The van der Waals surface area contributed by atoms with Crippen LogP contribution >= 0.6 is 0 Å². The number of carbonyl (C=O) groups excluding carboxylic acids is 3. The van der Waals surface area contributed by atoms with E-state index < -0.39 is 6.10 Å². The van der Waals surface area contributed by atoms with Gasteiger partial charge in [0.05, 0.1) is 0 Å². The van der Waals surface area contributed by atoms with Crippen LogP contribution in [-0.4, -0.2) is 37.2 Å². The molecule has 6 heteroatoms. The Kier molecular flexibility index (Phi) is 48.5. The molecule has 0 rings (SSSR count). The minimum absolute atomic E-state index is 0.105. The highest BCUT2D eigenvalue weighted by Gasteiger charge is 2.19. The van der Waals surface area contributed by atoms with Crippen molar-refractivity contribution in [2.24, 2.45) is 0 Å². The fraction of sp³-hybridized carbons (Fsp3) is 0.702. The first-order valence-electron chi connectivity index (χ1n) is 26.1. The normalized spacial score (nSPS) is 12.7. The summed E-state index contributed by atoms with van der Waals surface area (Å²) in [5.41, 5.74) is 0. The Morgan fingerprint density at radius 2 is 0.667 bits per heavy atom. The summed E-state index contributed by atoms with van der Waals surface area (Å²) < 4.78 is 16.7. The molecule has 0 saturated heterocycles. The lowest BCUT2D eigenvalue weighted by Crippen LogP contribution is -2.30. The Hall–Kier alpha value is -3.41. The van der Waals surface area contributed by atoms with Crippen molar-refractivity contribution in [3.05, 3.63) is 85.1 Å². The smallest absolute Gasteiger partial charge is 0.306 e. The molecule has 1 atom stereocenters. The molecule has 6 nitrogen and oxygen atoms in total. The van der Waals surface area contributed by atoms with Gasteiger partial charge in [0.25, 0.3) is 0 Å². The molecule has 63 heavy (non-hydrogen) atoms. The highest BCUT2D eigenvalue weighted by molar-refractivity contribution is 5.71. The van der Waals surface area contributed by atoms with E-state index in [0.717, 1.165) is 96.3 Å². The second-order valence-electron chi connectivity index (χ2n) is 17.1. The average Bonchev–Trinajstić information content (AvgIpc) is 3.28. The van der Waals surface area contributed by atoms with Crippen molar-refractivity contribution in [1.29, 1.82) is 0 Å². The monoisotopic (exact) mass is 877 g/mol. The van der Waals surface area contributed by atoms with E-state index in [0.29, 0.717) is 19.3 Å². The summed E-state index contributed by atoms with van der Waals surface area (Å²) in [6, 6.07) is 0. The van der Waals surface area contributed by atoms with Gasteiger partial charge in [-0.2, -0.15) is 0 Å². The maximum Gasteiger partial charge on any atom is 0.306 e. The van der Waals surface area contributed by atoms with Crippen LogP contribution in [0.25, 0.3) is 0 Å². The van der Waals surface area contributed by atoms with Gasteiger partial charge >= 0.3 is 17.9 Å². The molecule has 360 valence electrons. The number of ether oxygens (including phenoxy) is 3. The molecule has 0 aromatic rings. The molecule has 0 N–H and O–H groups in total. The second-order valence-corrected chi connectivity index (χ2v) is 17.1. The maximum atomic E-state index is 12.8. The van der Waals surface area contributed by atoms with Gasteiger partial charge < -0.3 is 14.2 Å². The maximum absolute atomic E-state index is 12.8. The minimum atomic E-state index is -0.808. The van der Waals surface area contributed by atoms with Gasteiger partial charge in [0.15, 0.2) is 6.10 Å². The second kappa shape index (κ2) is 51.2. The van der Waals surface area contributed by atoms with Crippen LogP contribution in [0, 0.1) is 0 Å². The highest BCUT2D eigenvalue weighted by Crippen LogP contribution is 2.15. The van der Waals surface area contributed by atoms with Crippen LogP contribution in [0.4, 0.5) is 0 Å². The zero-order chi connectivity index (χ0) is 45.8. The molecule has 0 spiro atoms. The number of hydrogen-bond donors (Lipinski definition) is 0. The summed E-state index contributed by atoms with van der Waals surface area (Å²) in [5, 5.41) is 0. The van der Waals surface area contributed by atoms with Gasteiger partial charge in [0, 0.05) is 19.3 Å². The standard InChI is InChI=1S/C57H96O6/c1-4-7-10-13-16-19-22-24-26-28-29-30-32-33-35-38-41-44-47-50-56(59)62-53-54(52-61-55(58)49-46-43-40-37-21-18-15-12-9-6-3)63-57(60)51-48-45-42-39-36-34-31-27-25-23-20-17-14-11-8-5-2/h7,10,15-16,18-19,24,26,29-30,33,35,41,44,54H,4-6,8-9,11-14,17,20-23,25,27-28,31-32,34,36-40,42-43,45-53H2,1-3H3/b10-7-,18-15-,19-16-,26-24-,30-29-,35-33-,44-41-. The van der Waals surface area contributed by atoms with E-state index in [9.17, 15) is 14.4 Å². The highest BCUT2D eigenvalue weighted by atomic mass is 16.6. The number of esters is 3. The van der Waals surface area contributed by atoms with Crippen molar-refractivity contribution >= 4 is 17.9 Å². The Labute approximate surface area is 388 Å². The van der Waals surface area contributed by atoms with E-state index >= 15 is 0 Å². The van der Waals surface area contributed by atoms with E-state index in [1.165, 1.54) is 96.3 Å². The molecule has 0 aromatic carbocycles. The van der Waals surface area contributed by atoms with Crippen LogP contribution in [0.3, 0.4) is 0 Å². The number of hydrogen-bond acceptors (Lipinski definition) is 6. The van der Waals surface area contributed by atoms with E-state index in [4.69, 9.17) is 14.2 Å². The third-order valence-corrected chi connectivity index (χ3v) is 10.9. The molecule has 0 fully saturated rings. The Bertz CT molecular complexity index is 1240. The van der Waals surface area contributed by atoms with Crippen LogP contribution in [0.2, 0.25) is 0 Å². The quantitative estimate of drug-likeness (QED) is 0.0262.